The monoisotopic (exact) mass is 277 g/mol. The van der Waals surface area contributed by atoms with Crippen LogP contribution >= 0.6 is 12.2 Å². The lowest BCUT2D eigenvalue weighted by atomic mass is 10.2. The maximum atomic E-state index is 12.2. The second-order valence-electron chi connectivity index (χ2n) is 3.40. The maximum absolute atomic E-state index is 12.2. The SMILES string of the molecule is NC(=S)CCNC(=O)c1ccc(C(F)(F)F)cn1. The topological polar surface area (TPSA) is 68.0 Å². The standard InChI is InChI=1S/C10H10F3N3OS/c11-10(12,13)6-1-2-7(16-5-6)9(17)15-4-3-8(14)18/h1-2,5H,3-4H2,(H2,14,18)(H,15,17). The molecule has 0 unspecified atom stereocenters. The van der Waals surface area contributed by atoms with Crippen molar-refractivity contribution >= 4 is 23.1 Å². The van der Waals surface area contributed by atoms with Crippen LogP contribution in [0.25, 0.3) is 0 Å². The number of hydrogen-bond donors (Lipinski definition) is 2. The van der Waals surface area contributed by atoms with Gasteiger partial charge in [0.05, 0.1) is 10.6 Å². The molecule has 3 N–H and O–H groups in total. The number of amides is 1. The number of carbonyl (C=O) groups is 1. The molecule has 0 spiro atoms. The van der Waals surface area contributed by atoms with Gasteiger partial charge in [-0.15, -0.1) is 0 Å². The Balaban J connectivity index is 2.62. The summed E-state index contributed by atoms with van der Waals surface area (Å²) in [6.07, 6.45) is -3.53. The van der Waals surface area contributed by atoms with E-state index in [1.54, 1.807) is 0 Å². The summed E-state index contributed by atoms with van der Waals surface area (Å²) in [5.41, 5.74) is 4.23. The molecule has 1 aromatic rings. The largest absolute Gasteiger partial charge is 0.417 e. The lowest BCUT2D eigenvalue weighted by Gasteiger charge is -2.07. The fraction of sp³-hybridized carbons (Fsp3) is 0.300. The van der Waals surface area contributed by atoms with Crippen molar-refractivity contribution in [2.75, 3.05) is 6.54 Å². The number of halogens is 3. The van der Waals surface area contributed by atoms with E-state index >= 15 is 0 Å². The average molecular weight is 277 g/mol. The molecule has 0 aliphatic carbocycles. The third-order valence-corrected chi connectivity index (χ3v) is 2.18. The minimum atomic E-state index is -4.46. The predicted molar refractivity (Wildman–Crippen MR) is 63.0 cm³/mol. The first kappa shape index (κ1) is 14.4. The number of nitrogens with two attached hydrogens (primary N) is 1. The highest BCUT2D eigenvalue weighted by Crippen LogP contribution is 2.28. The lowest BCUT2D eigenvalue weighted by Crippen LogP contribution is -2.28. The quantitative estimate of drug-likeness (QED) is 0.819. The van der Waals surface area contributed by atoms with Crippen molar-refractivity contribution in [2.24, 2.45) is 5.73 Å². The van der Waals surface area contributed by atoms with Crippen LogP contribution < -0.4 is 11.1 Å². The Morgan fingerprint density at radius 2 is 2.11 bits per heavy atom. The summed E-state index contributed by atoms with van der Waals surface area (Å²) in [5, 5.41) is 2.44. The van der Waals surface area contributed by atoms with Crippen molar-refractivity contribution < 1.29 is 18.0 Å². The van der Waals surface area contributed by atoms with Gasteiger partial charge in [0.25, 0.3) is 5.91 Å². The van der Waals surface area contributed by atoms with E-state index in [4.69, 9.17) is 5.73 Å². The summed E-state index contributed by atoms with van der Waals surface area (Å²) in [6.45, 7) is 0.219. The van der Waals surface area contributed by atoms with Crippen molar-refractivity contribution in [1.82, 2.24) is 10.3 Å². The van der Waals surface area contributed by atoms with Crippen LogP contribution in [0, 0.1) is 0 Å². The summed E-state index contributed by atoms with van der Waals surface area (Å²) >= 11 is 4.61. The summed E-state index contributed by atoms with van der Waals surface area (Å²) in [7, 11) is 0. The zero-order valence-electron chi connectivity index (χ0n) is 9.12. The molecule has 0 fully saturated rings. The molecule has 0 aliphatic heterocycles. The molecule has 18 heavy (non-hydrogen) atoms. The minimum Gasteiger partial charge on any atom is -0.393 e. The Hall–Kier alpha value is -1.70. The summed E-state index contributed by atoms with van der Waals surface area (Å²) in [4.78, 5) is 15.1. The molecule has 0 aromatic carbocycles. The van der Waals surface area contributed by atoms with Gasteiger partial charge < -0.3 is 11.1 Å². The van der Waals surface area contributed by atoms with Gasteiger partial charge in [0.1, 0.15) is 5.69 Å². The van der Waals surface area contributed by atoms with Crippen LogP contribution in [0.1, 0.15) is 22.5 Å². The minimum absolute atomic E-state index is 0.0917. The van der Waals surface area contributed by atoms with Gasteiger partial charge in [-0.2, -0.15) is 13.2 Å². The first-order chi connectivity index (χ1) is 8.30. The van der Waals surface area contributed by atoms with Crippen LogP contribution in [0.4, 0.5) is 13.2 Å². The number of carbonyl (C=O) groups excluding carboxylic acids is 1. The second-order valence-corrected chi connectivity index (χ2v) is 3.93. The van der Waals surface area contributed by atoms with Gasteiger partial charge in [0, 0.05) is 19.2 Å². The summed E-state index contributed by atoms with van der Waals surface area (Å²) < 4.78 is 36.7. The van der Waals surface area contributed by atoms with E-state index in [9.17, 15) is 18.0 Å². The lowest BCUT2D eigenvalue weighted by molar-refractivity contribution is -0.137. The van der Waals surface area contributed by atoms with Crippen molar-refractivity contribution in [3.8, 4) is 0 Å². The van der Waals surface area contributed by atoms with Gasteiger partial charge in [-0.05, 0) is 12.1 Å². The first-order valence-electron chi connectivity index (χ1n) is 4.90. The van der Waals surface area contributed by atoms with Gasteiger partial charge >= 0.3 is 6.18 Å². The molecule has 0 bridgehead atoms. The average Bonchev–Trinajstić information content (AvgIpc) is 2.27. The second kappa shape index (κ2) is 5.76. The maximum Gasteiger partial charge on any atom is 0.417 e. The number of aromatic nitrogens is 1. The Bertz CT molecular complexity index is 445. The van der Waals surface area contributed by atoms with Gasteiger partial charge in [0.15, 0.2) is 0 Å². The number of thiocarbonyl (C=S) groups is 1. The molecule has 0 saturated heterocycles. The molecule has 0 saturated carbocycles. The number of rotatable bonds is 4. The molecule has 0 radical (unpaired) electrons. The fourth-order valence-corrected chi connectivity index (χ4v) is 1.19. The van der Waals surface area contributed by atoms with E-state index < -0.39 is 17.6 Å². The Morgan fingerprint density at radius 3 is 2.56 bits per heavy atom. The number of pyridine rings is 1. The molecule has 0 aliphatic rings. The number of nitrogens with one attached hydrogen (secondary N) is 1. The molecule has 1 heterocycles. The summed E-state index contributed by atoms with van der Waals surface area (Å²) in [6, 6.07) is 1.81. The number of hydrogen-bond acceptors (Lipinski definition) is 3. The molecule has 0 atom stereocenters. The van der Waals surface area contributed by atoms with E-state index in [1.165, 1.54) is 0 Å². The van der Waals surface area contributed by atoms with E-state index in [-0.39, 0.29) is 17.2 Å². The van der Waals surface area contributed by atoms with Crippen molar-refractivity contribution in [3.05, 3.63) is 29.6 Å². The Labute approximate surface area is 106 Å². The zero-order valence-corrected chi connectivity index (χ0v) is 9.94. The summed E-state index contributed by atoms with van der Waals surface area (Å²) in [5.74, 6) is -0.569. The van der Waals surface area contributed by atoms with Crippen LogP contribution in [-0.4, -0.2) is 22.4 Å². The number of alkyl halides is 3. The van der Waals surface area contributed by atoms with Gasteiger partial charge in [0.2, 0.25) is 0 Å². The fourth-order valence-electron chi connectivity index (χ4n) is 1.09. The molecule has 4 nitrogen and oxygen atoms in total. The van der Waals surface area contributed by atoms with E-state index in [0.29, 0.717) is 12.6 Å². The van der Waals surface area contributed by atoms with Gasteiger partial charge in [-0.25, -0.2) is 0 Å². The van der Waals surface area contributed by atoms with Crippen molar-refractivity contribution in [2.45, 2.75) is 12.6 Å². The molecule has 1 amide bonds. The zero-order chi connectivity index (χ0) is 13.8. The number of nitrogens with zero attached hydrogens (tertiary/aromatic N) is 1. The molecule has 1 aromatic heterocycles. The van der Waals surface area contributed by atoms with Gasteiger partial charge in [-0.3, -0.25) is 9.78 Å². The molecular formula is C10H10F3N3OS. The van der Waals surface area contributed by atoms with Crippen LogP contribution in [0.15, 0.2) is 18.3 Å². The predicted octanol–water partition coefficient (Wildman–Crippen LogP) is 1.51. The third-order valence-electron chi connectivity index (χ3n) is 1.98. The highest BCUT2D eigenvalue weighted by Gasteiger charge is 2.30. The van der Waals surface area contributed by atoms with E-state index in [2.05, 4.69) is 22.5 Å². The van der Waals surface area contributed by atoms with E-state index in [0.717, 1.165) is 12.1 Å². The van der Waals surface area contributed by atoms with Crippen LogP contribution in [0.5, 0.6) is 0 Å². The van der Waals surface area contributed by atoms with Crippen LogP contribution in [0.3, 0.4) is 0 Å². The third kappa shape index (κ3) is 4.28. The highest BCUT2D eigenvalue weighted by molar-refractivity contribution is 7.80. The molecule has 98 valence electrons. The van der Waals surface area contributed by atoms with Crippen molar-refractivity contribution in [3.63, 3.8) is 0 Å². The smallest absolute Gasteiger partial charge is 0.393 e. The molecular weight excluding hydrogens is 267 g/mol. The Kier molecular flexibility index (Phi) is 4.60. The normalized spacial score (nSPS) is 11.1. The van der Waals surface area contributed by atoms with Crippen LogP contribution in [-0.2, 0) is 6.18 Å². The van der Waals surface area contributed by atoms with E-state index in [1.807, 2.05) is 0 Å². The van der Waals surface area contributed by atoms with Gasteiger partial charge in [-0.1, -0.05) is 12.2 Å². The first-order valence-corrected chi connectivity index (χ1v) is 5.31. The van der Waals surface area contributed by atoms with Crippen molar-refractivity contribution in [1.29, 1.82) is 0 Å². The molecule has 8 heteroatoms. The van der Waals surface area contributed by atoms with Crippen LogP contribution in [0.2, 0.25) is 0 Å². The molecule has 1 rings (SSSR count). The Morgan fingerprint density at radius 1 is 1.44 bits per heavy atom. The highest BCUT2D eigenvalue weighted by atomic mass is 32.1.